The zero-order valence-corrected chi connectivity index (χ0v) is 14.9. The first-order chi connectivity index (χ1) is 12.2. The topological polar surface area (TPSA) is 59.3 Å². The van der Waals surface area contributed by atoms with Gasteiger partial charge in [-0.05, 0) is 48.3 Å². The number of pyridine rings is 1. The van der Waals surface area contributed by atoms with E-state index in [-0.39, 0.29) is 11.9 Å². The first kappa shape index (κ1) is 17.2. The number of fused-ring (bicyclic) bond motifs is 1. The zero-order chi connectivity index (χ0) is 17.6. The number of carbonyl (C=O) groups is 1. The van der Waals surface area contributed by atoms with E-state index in [1.54, 1.807) is 30.0 Å². The molecule has 3 rings (SSSR count). The van der Waals surface area contributed by atoms with E-state index in [1.807, 2.05) is 40.9 Å². The highest BCUT2D eigenvalue weighted by Crippen LogP contribution is 2.19. The summed E-state index contributed by atoms with van der Waals surface area (Å²) in [6.45, 7) is 3.73. The predicted octanol–water partition coefficient (Wildman–Crippen LogP) is 3.60. The van der Waals surface area contributed by atoms with Crippen LogP contribution >= 0.6 is 11.8 Å². The van der Waals surface area contributed by atoms with E-state index in [0.717, 1.165) is 29.2 Å². The Hall–Kier alpha value is -2.60. The molecule has 0 aliphatic heterocycles. The standard InChI is InChI=1S/C19H20N4OS/c1-3-14-7-9-15(10-8-14)19(24)20-16(11-13-25-2)18-22-21-17-6-4-5-12-23(17)18/h3-10,12,16H,1,11,13H2,2H3,(H,20,24)/t16-/m0/s1. The average Bonchev–Trinajstić information content (AvgIpc) is 3.09. The Morgan fingerprint density at radius 2 is 2.08 bits per heavy atom. The maximum atomic E-state index is 12.6. The molecule has 0 unspecified atom stereocenters. The zero-order valence-electron chi connectivity index (χ0n) is 14.1. The second kappa shape index (κ2) is 7.98. The molecular weight excluding hydrogens is 332 g/mol. The van der Waals surface area contributed by atoms with Crippen LogP contribution in [0.5, 0.6) is 0 Å². The summed E-state index contributed by atoms with van der Waals surface area (Å²) in [6, 6.07) is 12.9. The Morgan fingerprint density at radius 1 is 1.28 bits per heavy atom. The largest absolute Gasteiger partial charge is 0.342 e. The SMILES string of the molecule is C=Cc1ccc(C(=O)N[C@@H](CCSC)c2nnc3ccccn23)cc1. The molecule has 2 heterocycles. The first-order valence-electron chi connectivity index (χ1n) is 8.05. The van der Waals surface area contributed by atoms with Gasteiger partial charge in [0.1, 0.15) is 0 Å². The van der Waals surface area contributed by atoms with Crippen LogP contribution in [0.25, 0.3) is 11.7 Å². The number of nitrogens with zero attached hydrogens (tertiary/aromatic N) is 3. The lowest BCUT2D eigenvalue weighted by atomic mass is 10.1. The van der Waals surface area contributed by atoms with Crippen molar-refractivity contribution in [1.29, 1.82) is 0 Å². The molecule has 0 aliphatic carbocycles. The Labute approximate surface area is 151 Å². The molecule has 1 N–H and O–H groups in total. The maximum Gasteiger partial charge on any atom is 0.251 e. The molecule has 1 atom stereocenters. The van der Waals surface area contributed by atoms with E-state index < -0.39 is 0 Å². The Morgan fingerprint density at radius 3 is 2.80 bits per heavy atom. The van der Waals surface area contributed by atoms with Crippen molar-refractivity contribution in [1.82, 2.24) is 19.9 Å². The van der Waals surface area contributed by atoms with Crippen molar-refractivity contribution in [3.63, 3.8) is 0 Å². The molecule has 5 nitrogen and oxygen atoms in total. The molecule has 0 aliphatic rings. The third-order valence-corrected chi connectivity index (χ3v) is 4.62. The van der Waals surface area contributed by atoms with Crippen molar-refractivity contribution in [3.8, 4) is 0 Å². The quantitative estimate of drug-likeness (QED) is 0.706. The molecule has 1 aromatic carbocycles. The molecule has 0 saturated heterocycles. The number of thioether (sulfide) groups is 1. The van der Waals surface area contributed by atoms with E-state index in [9.17, 15) is 4.79 Å². The van der Waals surface area contributed by atoms with Crippen LogP contribution in [-0.2, 0) is 0 Å². The van der Waals surface area contributed by atoms with Crippen molar-refractivity contribution < 1.29 is 4.79 Å². The number of amides is 1. The van der Waals surface area contributed by atoms with Gasteiger partial charge in [0.25, 0.3) is 5.91 Å². The van der Waals surface area contributed by atoms with Crippen LogP contribution in [0.2, 0.25) is 0 Å². The number of hydrogen-bond donors (Lipinski definition) is 1. The van der Waals surface area contributed by atoms with E-state index in [1.165, 1.54) is 0 Å². The summed E-state index contributed by atoms with van der Waals surface area (Å²) in [7, 11) is 0. The summed E-state index contributed by atoms with van der Waals surface area (Å²) in [5.41, 5.74) is 2.38. The summed E-state index contributed by atoms with van der Waals surface area (Å²) in [5.74, 6) is 1.55. The normalized spacial score (nSPS) is 12.0. The van der Waals surface area contributed by atoms with Crippen molar-refractivity contribution in [3.05, 3.63) is 72.2 Å². The van der Waals surface area contributed by atoms with Gasteiger partial charge < -0.3 is 5.32 Å². The van der Waals surface area contributed by atoms with Crippen LogP contribution in [0.3, 0.4) is 0 Å². The molecule has 25 heavy (non-hydrogen) atoms. The van der Waals surface area contributed by atoms with Gasteiger partial charge in [0.05, 0.1) is 6.04 Å². The van der Waals surface area contributed by atoms with Gasteiger partial charge in [-0.2, -0.15) is 11.8 Å². The minimum atomic E-state index is -0.198. The first-order valence-corrected chi connectivity index (χ1v) is 9.44. The number of rotatable bonds is 7. The number of benzene rings is 1. The van der Waals surface area contributed by atoms with E-state index in [4.69, 9.17) is 0 Å². The molecule has 128 valence electrons. The van der Waals surface area contributed by atoms with Gasteiger partial charge in [-0.15, -0.1) is 10.2 Å². The smallest absolute Gasteiger partial charge is 0.251 e. The third-order valence-electron chi connectivity index (χ3n) is 3.98. The minimum Gasteiger partial charge on any atom is -0.342 e. The fourth-order valence-electron chi connectivity index (χ4n) is 2.61. The third kappa shape index (κ3) is 3.91. The highest BCUT2D eigenvalue weighted by atomic mass is 32.2. The van der Waals surface area contributed by atoms with Crippen LogP contribution in [-0.4, -0.2) is 32.5 Å². The van der Waals surface area contributed by atoms with E-state index >= 15 is 0 Å². The van der Waals surface area contributed by atoms with E-state index in [2.05, 4.69) is 28.3 Å². The Bertz CT molecular complexity index is 873. The fourth-order valence-corrected chi connectivity index (χ4v) is 3.08. The average molecular weight is 352 g/mol. The lowest BCUT2D eigenvalue weighted by Gasteiger charge is -2.17. The van der Waals surface area contributed by atoms with Crippen LogP contribution in [0.1, 0.15) is 34.2 Å². The second-order valence-electron chi connectivity index (χ2n) is 5.62. The van der Waals surface area contributed by atoms with Gasteiger partial charge in [0.2, 0.25) is 0 Å². The van der Waals surface area contributed by atoms with Crippen molar-refractivity contribution in [2.24, 2.45) is 0 Å². The Kier molecular flexibility index (Phi) is 5.50. The van der Waals surface area contributed by atoms with Crippen molar-refractivity contribution in [2.45, 2.75) is 12.5 Å². The number of nitrogens with one attached hydrogen (secondary N) is 1. The molecular formula is C19H20N4OS. The van der Waals surface area contributed by atoms with Gasteiger partial charge in [-0.1, -0.05) is 30.9 Å². The molecule has 3 aromatic rings. The highest BCUT2D eigenvalue weighted by Gasteiger charge is 2.20. The molecule has 0 spiro atoms. The molecule has 0 bridgehead atoms. The predicted molar refractivity (Wildman–Crippen MR) is 103 cm³/mol. The summed E-state index contributed by atoms with van der Waals surface area (Å²) in [6.07, 6.45) is 6.51. The lowest BCUT2D eigenvalue weighted by Crippen LogP contribution is -2.30. The second-order valence-corrected chi connectivity index (χ2v) is 6.61. The Balaban J connectivity index is 1.85. The molecule has 0 fully saturated rings. The monoisotopic (exact) mass is 352 g/mol. The molecule has 1 amide bonds. The minimum absolute atomic E-state index is 0.116. The summed E-state index contributed by atoms with van der Waals surface area (Å²) < 4.78 is 1.92. The van der Waals surface area contributed by atoms with Crippen LogP contribution in [0.15, 0.2) is 55.2 Å². The van der Waals surface area contributed by atoms with Gasteiger partial charge in [0, 0.05) is 11.8 Å². The van der Waals surface area contributed by atoms with Crippen molar-refractivity contribution >= 4 is 29.4 Å². The van der Waals surface area contributed by atoms with Gasteiger partial charge in [0.15, 0.2) is 11.5 Å². The number of aromatic nitrogens is 3. The van der Waals surface area contributed by atoms with Gasteiger partial charge >= 0.3 is 0 Å². The number of hydrogen-bond acceptors (Lipinski definition) is 4. The molecule has 0 saturated carbocycles. The fraction of sp³-hybridized carbons (Fsp3) is 0.211. The van der Waals surface area contributed by atoms with Crippen LogP contribution in [0, 0.1) is 0 Å². The molecule has 6 heteroatoms. The summed E-state index contributed by atoms with van der Waals surface area (Å²) >= 11 is 1.74. The van der Waals surface area contributed by atoms with E-state index in [0.29, 0.717) is 5.56 Å². The molecule has 0 radical (unpaired) electrons. The van der Waals surface area contributed by atoms with Gasteiger partial charge in [-0.3, -0.25) is 9.20 Å². The summed E-state index contributed by atoms with van der Waals surface area (Å²) in [5, 5.41) is 11.6. The molecule has 2 aromatic heterocycles. The number of carbonyl (C=O) groups excluding carboxylic acids is 1. The lowest BCUT2D eigenvalue weighted by molar-refractivity contribution is 0.0934. The highest BCUT2D eigenvalue weighted by molar-refractivity contribution is 7.98. The summed E-state index contributed by atoms with van der Waals surface area (Å²) in [4.78, 5) is 12.6. The van der Waals surface area contributed by atoms with Crippen LogP contribution < -0.4 is 5.32 Å². The van der Waals surface area contributed by atoms with Crippen LogP contribution in [0.4, 0.5) is 0 Å². The van der Waals surface area contributed by atoms with Crippen molar-refractivity contribution in [2.75, 3.05) is 12.0 Å². The maximum absolute atomic E-state index is 12.6. The van der Waals surface area contributed by atoms with Gasteiger partial charge in [-0.25, -0.2) is 0 Å².